The monoisotopic (exact) mass is 317 g/mol. The molecule has 1 N–H and O–H groups in total. The molecule has 1 aromatic carbocycles. The van der Waals surface area contributed by atoms with Gasteiger partial charge in [-0.25, -0.2) is 0 Å². The second kappa shape index (κ2) is 6.98. The molecule has 0 saturated carbocycles. The number of aliphatic hydroxyl groups excluding tert-OH is 1. The van der Waals surface area contributed by atoms with Crippen LogP contribution in [0.3, 0.4) is 0 Å². The Labute approximate surface area is 105 Å². The average molecular weight is 317 g/mol. The van der Waals surface area contributed by atoms with Gasteiger partial charge in [0, 0.05) is 23.2 Å². The highest BCUT2D eigenvalue weighted by atomic mass is 127. The van der Waals surface area contributed by atoms with Gasteiger partial charge in [0.05, 0.1) is 6.61 Å². The van der Waals surface area contributed by atoms with Crippen LogP contribution < -0.4 is 0 Å². The SMILES string of the molecule is C=CCN(CCO)Cc1ccc(I)cc1. The Morgan fingerprint density at radius 1 is 1.33 bits per heavy atom. The third kappa shape index (κ3) is 4.77. The average Bonchev–Trinajstić information content (AvgIpc) is 2.22. The first kappa shape index (κ1) is 12.7. The predicted molar refractivity (Wildman–Crippen MR) is 71.7 cm³/mol. The van der Waals surface area contributed by atoms with Crippen molar-refractivity contribution >= 4 is 22.6 Å². The Balaban J connectivity index is 2.56. The van der Waals surface area contributed by atoms with E-state index in [0.717, 1.165) is 13.1 Å². The van der Waals surface area contributed by atoms with E-state index in [0.29, 0.717) is 6.54 Å². The van der Waals surface area contributed by atoms with Crippen molar-refractivity contribution in [3.63, 3.8) is 0 Å². The van der Waals surface area contributed by atoms with Gasteiger partial charge in [0.2, 0.25) is 0 Å². The summed E-state index contributed by atoms with van der Waals surface area (Å²) in [6.45, 7) is 6.28. The minimum atomic E-state index is 0.193. The quantitative estimate of drug-likeness (QED) is 0.643. The van der Waals surface area contributed by atoms with Crippen LogP contribution in [0.5, 0.6) is 0 Å². The first-order valence-corrected chi connectivity index (χ1v) is 6.02. The van der Waals surface area contributed by atoms with Gasteiger partial charge in [-0.1, -0.05) is 18.2 Å². The highest BCUT2D eigenvalue weighted by Gasteiger charge is 2.02. The summed E-state index contributed by atoms with van der Waals surface area (Å²) >= 11 is 2.29. The van der Waals surface area contributed by atoms with Crippen molar-refractivity contribution in [1.29, 1.82) is 0 Å². The number of nitrogens with zero attached hydrogens (tertiary/aromatic N) is 1. The fraction of sp³-hybridized carbons (Fsp3) is 0.333. The van der Waals surface area contributed by atoms with E-state index < -0.39 is 0 Å². The van der Waals surface area contributed by atoms with Crippen molar-refractivity contribution in [3.05, 3.63) is 46.1 Å². The first-order valence-electron chi connectivity index (χ1n) is 4.95. The smallest absolute Gasteiger partial charge is 0.0558 e. The third-order valence-electron chi connectivity index (χ3n) is 2.12. The lowest BCUT2D eigenvalue weighted by Gasteiger charge is -2.19. The molecule has 0 aromatic heterocycles. The van der Waals surface area contributed by atoms with Crippen LogP contribution in [0.25, 0.3) is 0 Å². The lowest BCUT2D eigenvalue weighted by atomic mass is 10.2. The number of aliphatic hydroxyl groups is 1. The van der Waals surface area contributed by atoms with Crippen LogP contribution in [0.15, 0.2) is 36.9 Å². The standard InChI is InChI=1S/C12H16INO/c1-2-7-14(8-9-15)10-11-3-5-12(13)6-4-11/h2-6,15H,1,7-10H2. The van der Waals surface area contributed by atoms with Gasteiger partial charge in [-0.3, -0.25) is 4.90 Å². The largest absolute Gasteiger partial charge is 0.395 e. The topological polar surface area (TPSA) is 23.5 Å². The fourth-order valence-corrected chi connectivity index (χ4v) is 1.77. The minimum Gasteiger partial charge on any atom is -0.395 e. The van der Waals surface area contributed by atoms with E-state index in [-0.39, 0.29) is 6.61 Å². The van der Waals surface area contributed by atoms with Crippen molar-refractivity contribution in [2.75, 3.05) is 19.7 Å². The molecular weight excluding hydrogens is 301 g/mol. The van der Waals surface area contributed by atoms with Crippen molar-refractivity contribution in [1.82, 2.24) is 4.90 Å². The summed E-state index contributed by atoms with van der Waals surface area (Å²) < 4.78 is 1.24. The van der Waals surface area contributed by atoms with Gasteiger partial charge >= 0.3 is 0 Å². The number of halogens is 1. The van der Waals surface area contributed by atoms with Crippen molar-refractivity contribution in [2.45, 2.75) is 6.54 Å². The molecule has 1 aromatic rings. The van der Waals surface area contributed by atoms with E-state index in [2.05, 4.69) is 58.3 Å². The second-order valence-corrected chi connectivity index (χ2v) is 4.62. The number of hydrogen-bond acceptors (Lipinski definition) is 2. The normalized spacial score (nSPS) is 10.6. The zero-order valence-electron chi connectivity index (χ0n) is 8.69. The molecule has 1 rings (SSSR count). The van der Waals surface area contributed by atoms with E-state index in [1.165, 1.54) is 9.13 Å². The molecule has 0 heterocycles. The maximum atomic E-state index is 8.91. The molecule has 0 amide bonds. The van der Waals surface area contributed by atoms with Crippen LogP contribution in [0.4, 0.5) is 0 Å². The van der Waals surface area contributed by atoms with Crippen LogP contribution in [0.1, 0.15) is 5.56 Å². The molecule has 0 bridgehead atoms. The van der Waals surface area contributed by atoms with Crippen LogP contribution in [-0.2, 0) is 6.54 Å². The molecule has 0 aliphatic carbocycles. The summed E-state index contributed by atoms with van der Waals surface area (Å²) in [5.74, 6) is 0. The van der Waals surface area contributed by atoms with E-state index in [9.17, 15) is 0 Å². The van der Waals surface area contributed by atoms with E-state index >= 15 is 0 Å². The molecule has 0 radical (unpaired) electrons. The fourth-order valence-electron chi connectivity index (χ4n) is 1.41. The van der Waals surface area contributed by atoms with Crippen LogP contribution in [0, 0.1) is 3.57 Å². The van der Waals surface area contributed by atoms with Crippen molar-refractivity contribution < 1.29 is 5.11 Å². The molecule has 0 fully saturated rings. The molecule has 3 heteroatoms. The zero-order chi connectivity index (χ0) is 11.1. The Hall–Kier alpha value is -0.390. The van der Waals surface area contributed by atoms with Gasteiger partial charge in [-0.2, -0.15) is 0 Å². The maximum Gasteiger partial charge on any atom is 0.0558 e. The van der Waals surface area contributed by atoms with Crippen LogP contribution in [-0.4, -0.2) is 29.7 Å². The Bertz CT molecular complexity index is 297. The molecule has 0 unspecified atom stereocenters. The summed E-state index contributed by atoms with van der Waals surface area (Å²) in [5.41, 5.74) is 1.27. The van der Waals surface area contributed by atoms with E-state index in [1.807, 2.05) is 6.08 Å². The Morgan fingerprint density at radius 2 is 2.00 bits per heavy atom. The lowest BCUT2D eigenvalue weighted by Crippen LogP contribution is -2.26. The van der Waals surface area contributed by atoms with Gasteiger partial charge < -0.3 is 5.11 Å². The molecule has 0 spiro atoms. The van der Waals surface area contributed by atoms with Crippen molar-refractivity contribution in [2.24, 2.45) is 0 Å². The molecule has 0 atom stereocenters. The maximum absolute atomic E-state index is 8.91. The van der Waals surface area contributed by atoms with Gasteiger partial charge in [-0.05, 0) is 40.3 Å². The summed E-state index contributed by atoms with van der Waals surface area (Å²) in [6, 6.07) is 8.44. The molecule has 15 heavy (non-hydrogen) atoms. The zero-order valence-corrected chi connectivity index (χ0v) is 10.9. The molecular formula is C12H16INO. The number of rotatable bonds is 6. The van der Waals surface area contributed by atoms with Gasteiger partial charge in [0.1, 0.15) is 0 Å². The summed E-state index contributed by atoms with van der Waals surface area (Å²) in [6.07, 6.45) is 1.86. The van der Waals surface area contributed by atoms with Gasteiger partial charge in [0.25, 0.3) is 0 Å². The molecule has 2 nitrogen and oxygen atoms in total. The molecule has 0 aliphatic rings. The lowest BCUT2D eigenvalue weighted by molar-refractivity contribution is 0.203. The molecule has 0 aliphatic heterocycles. The van der Waals surface area contributed by atoms with E-state index in [1.54, 1.807) is 0 Å². The number of benzene rings is 1. The van der Waals surface area contributed by atoms with Crippen LogP contribution in [0.2, 0.25) is 0 Å². The molecule has 82 valence electrons. The first-order chi connectivity index (χ1) is 7.26. The Morgan fingerprint density at radius 3 is 2.53 bits per heavy atom. The highest BCUT2D eigenvalue weighted by Crippen LogP contribution is 2.09. The summed E-state index contributed by atoms with van der Waals surface area (Å²) in [5, 5.41) is 8.91. The van der Waals surface area contributed by atoms with Crippen molar-refractivity contribution in [3.8, 4) is 0 Å². The molecule has 0 saturated heterocycles. The Kier molecular flexibility index (Phi) is 5.90. The van der Waals surface area contributed by atoms with Gasteiger partial charge in [0.15, 0.2) is 0 Å². The predicted octanol–water partition coefficient (Wildman–Crippen LogP) is 2.27. The highest BCUT2D eigenvalue weighted by molar-refractivity contribution is 14.1. The number of hydrogen-bond donors (Lipinski definition) is 1. The van der Waals surface area contributed by atoms with Gasteiger partial charge in [-0.15, -0.1) is 6.58 Å². The summed E-state index contributed by atoms with van der Waals surface area (Å²) in [7, 11) is 0. The van der Waals surface area contributed by atoms with E-state index in [4.69, 9.17) is 5.11 Å². The second-order valence-electron chi connectivity index (χ2n) is 3.37. The third-order valence-corrected chi connectivity index (χ3v) is 2.84. The van der Waals surface area contributed by atoms with Crippen LogP contribution >= 0.6 is 22.6 Å². The summed E-state index contributed by atoms with van der Waals surface area (Å²) in [4.78, 5) is 2.16. The minimum absolute atomic E-state index is 0.193.